The van der Waals surface area contributed by atoms with Crippen molar-refractivity contribution in [3.63, 3.8) is 0 Å². The van der Waals surface area contributed by atoms with Gasteiger partial charge < -0.3 is 15.2 Å². The number of hydrogen-bond donors (Lipinski definition) is 1. The van der Waals surface area contributed by atoms with Gasteiger partial charge in [0.15, 0.2) is 11.2 Å². The van der Waals surface area contributed by atoms with Crippen molar-refractivity contribution in [1.29, 1.82) is 0 Å². The Labute approximate surface area is 167 Å². The number of carbonyl (C=O) groups excluding carboxylic acids is 1. The molecule has 10 heteroatoms. The van der Waals surface area contributed by atoms with Crippen LogP contribution in [-0.2, 0) is 25.4 Å². The fourth-order valence-electron chi connectivity index (χ4n) is 4.30. The Morgan fingerprint density at radius 3 is 2.52 bits per heavy atom. The molecule has 0 aromatic carbocycles. The number of primary amides is 1. The number of rotatable bonds is 5. The highest BCUT2D eigenvalue weighted by Crippen LogP contribution is 2.19. The highest BCUT2D eigenvalue weighted by Gasteiger charge is 2.23. The fraction of sp³-hybridized carbons (Fsp3) is 0.579. The number of nitrogens with two attached hydrogens (primary N) is 1. The van der Waals surface area contributed by atoms with E-state index in [2.05, 4.69) is 14.5 Å². The van der Waals surface area contributed by atoms with Gasteiger partial charge in [0, 0.05) is 38.4 Å². The maximum absolute atomic E-state index is 12.6. The molecule has 1 saturated heterocycles. The van der Waals surface area contributed by atoms with Crippen LogP contribution in [0.15, 0.2) is 15.8 Å². The molecule has 4 rings (SSSR count). The largest absolute Gasteiger partial charge is 0.369 e. The van der Waals surface area contributed by atoms with Crippen molar-refractivity contribution in [3.05, 3.63) is 32.7 Å². The van der Waals surface area contributed by atoms with E-state index >= 15 is 0 Å². The van der Waals surface area contributed by atoms with Crippen LogP contribution < -0.4 is 17.0 Å². The lowest BCUT2D eigenvalue weighted by molar-refractivity contribution is -0.123. The predicted octanol–water partition coefficient (Wildman–Crippen LogP) is -0.418. The third kappa shape index (κ3) is 3.17. The molecule has 0 atom stereocenters. The molecule has 0 spiro atoms. The number of aromatic nitrogens is 5. The molecule has 0 radical (unpaired) electrons. The van der Waals surface area contributed by atoms with E-state index in [1.165, 1.54) is 11.6 Å². The lowest BCUT2D eigenvalue weighted by Crippen LogP contribution is -2.39. The minimum absolute atomic E-state index is 0.00387. The lowest BCUT2D eigenvalue weighted by atomic mass is 9.96. The summed E-state index contributed by atoms with van der Waals surface area (Å²) in [7, 11) is 3.11. The lowest BCUT2D eigenvalue weighted by Gasteiger charge is -2.30. The Bertz CT molecular complexity index is 1200. The number of aryl methyl sites for hydroxylation is 3. The monoisotopic (exact) mass is 401 g/mol. The molecule has 4 heterocycles. The van der Waals surface area contributed by atoms with E-state index in [-0.39, 0.29) is 23.1 Å². The van der Waals surface area contributed by atoms with Gasteiger partial charge in [-0.3, -0.25) is 23.1 Å². The van der Waals surface area contributed by atoms with E-state index in [9.17, 15) is 14.4 Å². The van der Waals surface area contributed by atoms with Gasteiger partial charge in [0.25, 0.3) is 5.56 Å². The zero-order chi connectivity index (χ0) is 20.9. The van der Waals surface area contributed by atoms with Gasteiger partial charge in [0.1, 0.15) is 0 Å². The first kappa shape index (κ1) is 19.4. The van der Waals surface area contributed by atoms with Gasteiger partial charge in [-0.25, -0.2) is 4.79 Å². The van der Waals surface area contributed by atoms with Gasteiger partial charge in [-0.05, 0) is 45.8 Å². The number of piperidine rings is 1. The van der Waals surface area contributed by atoms with Crippen molar-refractivity contribution >= 4 is 22.8 Å². The minimum Gasteiger partial charge on any atom is -0.369 e. The molecule has 29 heavy (non-hydrogen) atoms. The van der Waals surface area contributed by atoms with Gasteiger partial charge in [0.2, 0.25) is 11.7 Å². The number of likely N-dealkylation sites (tertiary alicyclic amines) is 1. The standard InChI is InChI=1S/C19H27N7O3/c1-12-11-26-14-16(22(2)19(29)23(3)17(14)28)21-18(26)25(12)8-4-7-24-9-5-13(6-10-24)15(20)27/h11,13H,4-10H2,1-3H3,(H2,20,27). The van der Waals surface area contributed by atoms with Crippen LogP contribution in [0.5, 0.6) is 0 Å². The first-order valence-corrected chi connectivity index (χ1v) is 9.95. The smallest absolute Gasteiger partial charge is 0.332 e. The van der Waals surface area contributed by atoms with E-state index in [1.54, 1.807) is 11.4 Å². The van der Waals surface area contributed by atoms with Crippen molar-refractivity contribution in [2.75, 3.05) is 19.6 Å². The van der Waals surface area contributed by atoms with Crippen LogP contribution in [0, 0.1) is 12.8 Å². The molecule has 1 aliphatic rings. The van der Waals surface area contributed by atoms with Crippen molar-refractivity contribution in [2.45, 2.75) is 32.7 Å². The quantitative estimate of drug-likeness (QED) is 0.624. The molecule has 3 aromatic rings. The highest BCUT2D eigenvalue weighted by atomic mass is 16.2. The second-order valence-electron chi connectivity index (χ2n) is 7.95. The van der Waals surface area contributed by atoms with Crippen LogP contribution in [0.3, 0.4) is 0 Å². The molecular formula is C19H27N7O3. The molecule has 0 aliphatic carbocycles. The Balaban J connectivity index is 1.56. The summed E-state index contributed by atoms with van der Waals surface area (Å²) in [4.78, 5) is 43.1. The van der Waals surface area contributed by atoms with Crippen molar-refractivity contribution in [2.24, 2.45) is 25.7 Å². The summed E-state index contributed by atoms with van der Waals surface area (Å²) in [6, 6.07) is 0. The van der Waals surface area contributed by atoms with Gasteiger partial charge in [0.05, 0.1) is 0 Å². The number of amides is 1. The molecule has 1 aliphatic heterocycles. The van der Waals surface area contributed by atoms with Crippen LogP contribution in [0.2, 0.25) is 0 Å². The Morgan fingerprint density at radius 2 is 1.86 bits per heavy atom. The Kier molecular flexibility index (Phi) is 4.81. The normalized spacial score (nSPS) is 16.2. The molecule has 0 unspecified atom stereocenters. The molecule has 1 amide bonds. The zero-order valence-corrected chi connectivity index (χ0v) is 17.1. The summed E-state index contributed by atoms with van der Waals surface area (Å²) < 4.78 is 6.38. The molecule has 2 N–H and O–H groups in total. The topological polar surface area (TPSA) is 113 Å². The molecule has 0 bridgehead atoms. The maximum Gasteiger partial charge on any atom is 0.332 e. The third-order valence-electron chi connectivity index (χ3n) is 6.10. The summed E-state index contributed by atoms with van der Waals surface area (Å²) in [6.45, 7) is 5.45. The van der Waals surface area contributed by atoms with Gasteiger partial charge in [-0.1, -0.05) is 0 Å². The SMILES string of the molecule is Cc1cn2c3c(=O)n(C)c(=O)n(C)c3nc2n1CCCN1CCC(C(N)=O)CC1. The molecule has 156 valence electrons. The van der Waals surface area contributed by atoms with Gasteiger partial charge >= 0.3 is 5.69 Å². The molecule has 0 saturated carbocycles. The van der Waals surface area contributed by atoms with Crippen molar-refractivity contribution in [1.82, 2.24) is 28.0 Å². The fourth-order valence-corrected chi connectivity index (χ4v) is 4.30. The third-order valence-corrected chi connectivity index (χ3v) is 6.10. The first-order valence-electron chi connectivity index (χ1n) is 9.95. The summed E-state index contributed by atoms with van der Waals surface area (Å²) in [5.41, 5.74) is 6.50. The summed E-state index contributed by atoms with van der Waals surface area (Å²) >= 11 is 0. The number of hydrogen-bond acceptors (Lipinski definition) is 5. The van der Waals surface area contributed by atoms with Crippen LogP contribution in [0.25, 0.3) is 16.9 Å². The summed E-state index contributed by atoms with van der Waals surface area (Å²) in [5.74, 6) is 0.481. The van der Waals surface area contributed by atoms with Crippen LogP contribution >= 0.6 is 0 Å². The van der Waals surface area contributed by atoms with Crippen LogP contribution in [0.1, 0.15) is 25.0 Å². The number of carbonyl (C=O) groups is 1. The maximum atomic E-state index is 12.6. The molecular weight excluding hydrogens is 374 g/mol. The summed E-state index contributed by atoms with van der Waals surface area (Å²) in [6.07, 6.45) is 4.47. The van der Waals surface area contributed by atoms with Gasteiger partial charge in [-0.15, -0.1) is 0 Å². The van der Waals surface area contributed by atoms with Crippen molar-refractivity contribution < 1.29 is 4.79 Å². The Hall–Kier alpha value is -2.88. The predicted molar refractivity (Wildman–Crippen MR) is 109 cm³/mol. The zero-order valence-electron chi connectivity index (χ0n) is 17.1. The van der Waals surface area contributed by atoms with Crippen LogP contribution in [0.4, 0.5) is 0 Å². The second-order valence-corrected chi connectivity index (χ2v) is 7.95. The van der Waals surface area contributed by atoms with Crippen molar-refractivity contribution in [3.8, 4) is 0 Å². The average molecular weight is 401 g/mol. The summed E-state index contributed by atoms with van der Waals surface area (Å²) in [5, 5.41) is 0. The molecule has 3 aromatic heterocycles. The van der Waals surface area contributed by atoms with E-state index in [1.807, 2.05) is 13.1 Å². The van der Waals surface area contributed by atoms with E-state index < -0.39 is 0 Å². The minimum atomic E-state index is -0.383. The number of nitrogens with zero attached hydrogens (tertiary/aromatic N) is 6. The van der Waals surface area contributed by atoms with Gasteiger partial charge in [-0.2, -0.15) is 4.98 Å². The van der Waals surface area contributed by atoms with Crippen LogP contribution in [-0.4, -0.2) is 53.5 Å². The van der Waals surface area contributed by atoms with E-state index in [0.29, 0.717) is 16.9 Å². The molecule has 1 fully saturated rings. The first-order chi connectivity index (χ1) is 13.8. The number of imidazole rings is 2. The second kappa shape index (κ2) is 7.18. The Morgan fingerprint density at radius 1 is 1.17 bits per heavy atom. The highest BCUT2D eigenvalue weighted by molar-refractivity contribution is 5.76. The van der Waals surface area contributed by atoms with E-state index in [0.717, 1.165) is 55.7 Å². The number of fused-ring (bicyclic) bond motifs is 3. The van der Waals surface area contributed by atoms with E-state index in [4.69, 9.17) is 5.73 Å². The average Bonchev–Trinajstić information content (AvgIpc) is 3.21. The molecule has 10 nitrogen and oxygen atoms in total.